The van der Waals surface area contributed by atoms with Gasteiger partial charge in [-0.05, 0) is 52.2 Å². The van der Waals surface area contributed by atoms with E-state index in [-0.39, 0.29) is 5.82 Å². The van der Waals surface area contributed by atoms with Crippen LogP contribution in [-0.4, -0.2) is 5.11 Å². The van der Waals surface area contributed by atoms with Crippen LogP contribution in [0, 0.1) is 5.82 Å². The maximum atomic E-state index is 12.9. The van der Waals surface area contributed by atoms with Gasteiger partial charge in [-0.3, -0.25) is 0 Å². The van der Waals surface area contributed by atoms with Gasteiger partial charge in [0.15, 0.2) is 0 Å². The first-order chi connectivity index (χ1) is 10.1. The minimum absolute atomic E-state index is 0.260. The van der Waals surface area contributed by atoms with E-state index in [1.807, 2.05) is 36.4 Å². The Bertz CT molecular complexity index is 768. The van der Waals surface area contributed by atoms with Gasteiger partial charge in [0.1, 0.15) is 5.82 Å². The molecule has 0 aliphatic rings. The number of benzene rings is 3. The largest absolute Gasteiger partial charge is 0.388 e. The molecule has 3 aromatic rings. The standard InChI is InChI=1S/C18H14BrFO/c19-16-6-5-13-10-15(4-3-14(13)11-16)18(21)9-12-1-7-17(20)8-2-12/h1-8,10-11,18,21H,9H2. The minimum Gasteiger partial charge on any atom is -0.388 e. The van der Waals surface area contributed by atoms with Crippen molar-refractivity contribution in [3.05, 3.63) is 82.1 Å². The summed E-state index contributed by atoms with van der Waals surface area (Å²) in [6, 6.07) is 18.2. The molecule has 0 saturated heterocycles. The van der Waals surface area contributed by atoms with Gasteiger partial charge in [0.05, 0.1) is 6.10 Å². The molecule has 3 heteroatoms. The summed E-state index contributed by atoms with van der Waals surface area (Å²) < 4.78 is 13.9. The number of halogens is 2. The van der Waals surface area contributed by atoms with Crippen LogP contribution in [0.4, 0.5) is 4.39 Å². The van der Waals surface area contributed by atoms with Crippen molar-refractivity contribution in [2.24, 2.45) is 0 Å². The van der Waals surface area contributed by atoms with Crippen molar-refractivity contribution >= 4 is 26.7 Å². The van der Waals surface area contributed by atoms with Crippen LogP contribution in [0.25, 0.3) is 10.8 Å². The summed E-state index contributed by atoms with van der Waals surface area (Å²) in [6.45, 7) is 0. The average Bonchev–Trinajstić information content (AvgIpc) is 2.49. The molecule has 0 saturated carbocycles. The van der Waals surface area contributed by atoms with Crippen molar-refractivity contribution < 1.29 is 9.50 Å². The Balaban J connectivity index is 1.85. The van der Waals surface area contributed by atoms with Gasteiger partial charge in [-0.1, -0.05) is 46.3 Å². The van der Waals surface area contributed by atoms with Crippen molar-refractivity contribution in [1.29, 1.82) is 0 Å². The molecule has 0 heterocycles. The third kappa shape index (κ3) is 3.31. The summed E-state index contributed by atoms with van der Waals surface area (Å²) in [5, 5.41) is 12.6. The fourth-order valence-corrected chi connectivity index (χ4v) is 2.78. The van der Waals surface area contributed by atoms with Crippen molar-refractivity contribution in [3.8, 4) is 0 Å². The molecule has 21 heavy (non-hydrogen) atoms. The molecular formula is C18H14BrFO. The number of aliphatic hydroxyl groups is 1. The van der Waals surface area contributed by atoms with Gasteiger partial charge in [0, 0.05) is 10.9 Å². The maximum Gasteiger partial charge on any atom is 0.123 e. The zero-order chi connectivity index (χ0) is 14.8. The summed E-state index contributed by atoms with van der Waals surface area (Å²) in [5.41, 5.74) is 1.79. The fourth-order valence-electron chi connectivity index (χ4n) is 2.40. The molecule has 3 rings (SSSR count). The van der Waals surface area contributed by atoms with E-state index in [2.05, 4.69) is 15.9 Å². The maximum absolute atomic E-state index is 12.9. The Labute approximate surface area is 131 Å². The average molecular weight is 345 g/mol. The molecule has 0 aliphatic carbocycles. The zero-order valence-electron chi connectivity index (χ0n) is 11.3. The molecule has 0 spiro atoms. The first-order valence-electron chi connectivity index (χ1n) is 6.73. The molecule has 3 aromatic carbocycles. The van der Waals surface area contributed by atoms with Crippen LogP contribution < -0.4 is 0 Å². The number of fused-ring (bicyclic) bond motifs is 1. The predicted molar refractivity (Wildman–Crippen MR) is 86.7 cm³/mol. The molecule has 0 radical (unpaired) electrons. The summed E-state index contributed by atoms with van der Waals surface area (Å²) in [5.74, 6) is -0.260. The van der Waals surface area contributed by atoms with Gasteiger partial charge in [0.2, 0.25) is 0 Å². The van der Waals surface area contributed by atoms with E-state index < -0.39 is 6.10 Å². The Hall–Kier alpha value is -1.71. The normalized spacial score (nSPS) is 12.5. The van der Waals surface area contributed by atoms with Gasteiger partial charge in [-0.2, -0.15) is 0 Å². The smallest absolute Gasteiger partial charge is 0.123 e. The second-order valence-electron chi connectivity index (χ2n) is 5.10. The lowest BCUT2D eigenvalue weighted by molar-refractivity contribution is 0.178. The number of aliphatic hydroxyl groups excluding tert-OH is 1. The van der Waals surface area contributed by atoms with Crippen LogP contribution in [0.1, 0.15) is 17.2 Å². The summed E-state index contributed by atoms with van der Waals surface area (Å²) in [4.78, 5) is 0. The zero-order valence-corrected chi connectivity index (χ0v) is 12.8. The molecule has 1 unspecified atom stereocenters. The van der Waals surface area contributed by atoms with Crippen molar-refractivity contribution in [2.45, 2.75) is 12.5 Å². The first kappa shape index (κ1) is 14.2. The van der Waals surface area contributed by atoms with Crippen LogP contribution in [0.15, 0.2) is 65.1 Å². The Morgan fingerprint density at radius 3 is 2.33 bits per heavy atom. The number of hydrogen-bond acceptors (Lipinski definition) is 1. The quantitative estimate of drug-likeness (QED) is 0.707. The topological polar surface area (TPSA) is 20.2 Å². The van der Waals surface area contributed by atoms with Crippen molar-refractivity contribution in [2.75, 3.05) is 0 Å². The highest BCUT2D eigenvalue weighted by Crippen LogP contribution is 2.25. The van der Waals surface area contributed by atoms with E-state index in [1.165, 1.54) is 12.1 Å². The van der Waals surface area contributed by atoms with Gasteiger partial charge >= 0.3 is 0 Å². The van der Waals surface area contributed by atoms with Gasteiger partial charge in [-0.15, -0.1) is 0 Å². The second kappa shape index (κ2) is 5.96. The molecule has 1 nitrogen and oxygen atoms in total. The van der Waals surface area contributed by atoms with Crippen molar-refractivity contribution in [1.82, 2.24) is 0 Å². The highest BCUT2D eigenvalue weighted by Gasteiger charge is 2.09. The molecule has 0 bridgehead atoms. The fraction of sp³-hybridized carbons (Fsp3) is 0.111. The Kier molecular flexibility index (Phi) is 4.04. The molecule has 0 aromatic heterocycles. The molecule has 1 N–H and O–H groups in total. The van der Waals surface area contributed by atoms with Crippen LogP contribution in [0.3, 0.4) is 0 Å². The SMILES string of the molecule is OC(Cc1ccc(F)cc1)c1ccc2cc(Br)ccc2c1. The first-order valence-corrected chi connectivity index (χ1v) is 7.53. The molecular weight excluding hydrogens is 331 g/mol. The van der Waals surface area contributed by atoms with Gasteiger partial charge < -0.3 is 5.11 Å². The van der Waals surface area contributed by atoms with E-state index >= 15 is 0 Å². The van der Waals surface area contributed by atoms with E-state index in [9.17, 15) is 9.50 Å². The molecule has 0 aliphatic heterocycles. The van der Waals surface area contributed by atoms with Gasteiger partial charge in [-0.25, -0.2) is 4.39 Å². The van der Waals surface area contributed by atoms with Crippen LogP contribution in [0.5, 0.6) is 0 Å². The molecule has 0 amide bonds. The molecule has 0 fully saturated rings. The highest BCUT2D eigenvalue weighted by molar-refractivity contribution is 9.10. The van der Waals surface area contributed by atoms with Gasteiger partial charge in [0.25, 0.3) is 0 Å². The van der Waals surface area contributed by atoms with Crippen molar-refractivity contribution in [3.63, 3.8) is 0 Å². The van der Waals surface area contributed by atoms with E-state index in [1.54, 1.807) is 12.1 Å². The van der Waals surface area contributed by atoms with E-state index in [4.69, 9.17) is 0 Å². The van der Waals surface area contributed by atoms with Crippen LogP contribution in [0.2, 0.25) is 0 Å². The lowest BCUT2D eigenvalue weighted by Crippen LogP contribution is -2.01. The Morgan fingerprint density at radius 2 is 1.57 bits per heavy atom. The highest BCUT2D eigenvalue weighted by atomic mass is 79.9. The number of rotatable bonds is 3. The lowest BCUT2D eigenvalue weighted by Gasteiger charge is -2.12. The predicted octanol–water partition coefficient (Wildman–Crippen LogP) is 5.02. The molecule has 1 atom stereocenters. The molecule has 106 valence electrons. The second-order valence-corrected chi connectivity index (χ2v) is 6.01. The number of hydrogen-bond donors (Lipinski definition) is 1. The van der Waals surface area contributed by atoms with E-state index in [0.29, 0.717) is 6.42 Å². The summed E-state index contributed by atoms with van der Waals surface area (Å²) in [7, 11) is 0. The van der Waals surface area contributed by atoms with E-state index in [0.717, 1.165) is 26.4 Å². The van der Waals surface area contributed by atoms with Crippen LogP contribution in [-0.2, 0) is 6.42 Å². The minimum atomic E-state index is -0.594. The van der Waals surface area contributed by atoms with Crippen LogP contribution >= 0.6 is 15.9 Å². The summed E-state index contributed by atoms with van der Waals surface area (Å²) in [6.07, 6.45) is -0.119. The summed E-state index contributed by atoms with van der Waals surface area (Å²) >= 11 is 3.45. The monoisotopic (exact) mass is 344 g/mol. The Morgan fingerprint density at radius 1 is 0.905 bits per heavy atom. The third-order valence-electron chi connectivity index (χ3n) is 3.55. The third-order valence-corrected chi connectivity index (χ3v) is 4.05. The lowest BCUT2D eigenvalue weighted by atomic mass is 9.99.